The molecule has 3 aromatic rings. The number of ketones is 1. The Kier molecular flexibility index (Phi) is 3.01. The molecular formula is C15H7F4NO. The molecule has 0 saturated heterocycles. The summed E-state index contributed by atoms with van der Waals surface area (Å²) < 4.78 is 52.5. The molecule has 0 aliphatic heterocycles. The first-order chi connectivity index (χ1) is 9.97. The molecule has 0 aliphatic rings. The Balaban J connectivity index is 2.15. The molecule has 0 saturated carbocycles. The maximum absolute atomic E-state index is 13.2. The van der Waals surface area contributed by atoms with Crippen LogP contribution in [0.4, 0.5) is 17.6 Å². The highest BCUT2D eigenvalue weighted by Crippen LogP contribution is 2.23. The topological polar surface area (TPSA) is 32.9 Å². The number of benzene rings is 2. The predicted octanol–water partition coefficient (Wildman–Crippen LogP) is 3.96. The van der Waals surface area contributed by atoms with Gasteiger partial charge in [-0.2, -0.15) is 0 Å². The maximum Gasteiger partial charge on any atom is 0.195 e. The van der Waals surface area contributed by atoms with E-state index in [1.807, 2.05) is 0 Å². The lowest BCUT2D eigenvalue weighted by Gasteiger charge is -2.02. The highest BCUT2D eigenvalue weighted by molar-refractivity contribution is 6.16. The first-order valence-corrected chi connectivity index (χ1v) is 5.93. The van der Waals surface area contributed by atoms with E-state index in [0.29, 0.717) is 17.6 Å². The van der Waals surface area contributed by atoms with E-state index < -0.39 is 29.1 Å². The van der Waals surface area contributed by atoms with Crippen molar-refractivity contribution in [2.45, 2.75) is 0 Å². The van der Waals surface area contributed by atoms with Gasteiger partial charge >= 0.3 is 0 Å². The van der Waals surface area contributed by atoms with Crippen molar-refractivity contribution in [1.29, 1.82) is 0 Å². The van der Waals surface area contributed by atoms with Gasteiger partial charge in [-0.3, -0.25) is 4.79 Å². The van der Waals surface area contributed by atoms with Crippen LogP contribution in [-0.2, 0) is 0 Å². The Labute approximate surface area is 116 Å². The summed E-state index contributed by atoms with van der Waals surface area (Å²) >= 11 is 0. The second kappa shape index (κ2) is 4.73. The molecule has 0 atom stereocenters. The van der Waals surface area contributed by atoms with E-state index in [2.05, 4.69) is 4.98 Å². The van der Waals surface area contributed by atoms with Crippen LogP contribution in [0.3, 0.4) is 0 Å². The monoisotopic (exact) mass is 293 g/mol. The molecule has 106 valence electrons. The van der Waals surface area contributed by atoms with Crippen LogP contribution >= 0.6 is 0 Å². The second-order valence-electron chi connectivity index (χ2n) is 4.48. The van der Waals surface area contributed by atoms with E-state index >= 15 is 0 Å². The van der Waals surface area contributed by atoms with Crippen LogP contribution < -0.4 is 0 Å². The first kappa shape index (κ1) is 13.4. The van der Waals surface area contributed by atoms with E-state index in [-0.39, 0.29) is 16.5 Å². The Morgan fingerprint density at radius 3 is 2.29 bits per heavy atom. The fourth-order valence-corrected chi connectivity index (χ4v) is 2.12. The van der Waals surface area contributed by atoms with Gasteiger partial charge in [0.05, 0.1) is 0 Å². The number of hydrogen-bond acceptors (Lipinski definition) is 1. The number of nitrogens with one attached hydrogen (secondary N) is 1. The first-order valence-electron chi connectivity index (χ1n) is 5.93. The number of carbonyl (C=O) groups excluding carboxylic acids is 1. The van der Waals surface area contributed by atoms with Gasteiger partial charge in [-0.05, 0) is 30.3 Å². The molecule has 1 heterocycles. The summed E-state index contributed by atoms with van der Waals surface area (Å²) in [6.07, 6.45) is 1.31. The molecule has 2 aromatic carbocycles. The van der Waals surface area contributed by atoms with Gasteiger partial charge in [-0.15, -0.1) is 0 Å². The molecule has 0 aliphatic carbocycles. The van der Waals surface area contributed by atoms with Crippen molar-refractivity contribution >= 4 is 16.7 Å². The third-order valence-corrected chi connectivity index (χ3v) is 3.13. The average molecular weight is 293 g/mol. The van der Waals surface area contributed by atoms with Crippen LogP contribution in [0.25, 0.3) is 10.9 Å². The smallest absolute Gasteiger partial charge is 0.195 e. The van der Waals surface area contributed by atoms with Gasteiger partial charge in [0.15, 0.2) is 23.2 Å². The summed E-state index contributed by atoms with van der Waals surface area (Å²) in [6, 6.07) is 5.00. The van der Waals surface area contributed by atoms with Crippen molar-refractivity contribution < 1.29 is 22.4 Å². The summed E-state index contributed by atoms with van der Waals surface area (Å²) in [5.41, 5.74) is 0.203. The molecule has 1 N–H and O–H groups in total. The minimum Gasteiger partial charge on any atom is -0.360 e. The highest BCUT2D eigenvalue weighted by atomic mass is 19.2. The van der Waals surface area contributed by atoms with Gasteiger partial charge in [-0.1, -0.05) is 0 Å². The SMILES string of the molecule is O=C(c1cc(F)c(F)c(F)c1)c1c[nH]c2ccc(F)cc12. The fraction of sp³-hybridized carbons (Fsp3) is 0. The van der Waals surface area contributed by atoms with E-state index in [1.54, 1.807) is 0 Å². The molecule has 0 bridgehead atoms. The van der Waals surface area contributed by atoms with E-state index in [9.17, 15) is 22.4 Å². The van der Waals surface area contributed by atoms with Gasteiger partial charge < -0.3 is 4.98 Å². The molecule has 1 aromatic heterocycles. The van der Waals surface area contributed by atoms with E-state index in [4.69, 9.17) is 0 Å². The summed E-state index contributed by atoms with van der Waals surface area (Å²) in [5, 5.41) is 0.283. The van der Waals surface area contributed by atoms with Crippen LogP contribution in [0.15, 0.2) is 36.5 Å². The number of hydrogen-bond donors (Lipinski definition) is 1. The lowest BCUT2D eigenvalue weighted by atomic mass is 10.0. The lowest BCUT2D eigenvalue weighted by molar-refractivity contribution is 0.103. The van der Waals surface area contributed by atoms with Gasteiger partial charge in [0.25, 0.3) is 0 Å². The zero-order chi connectivity index (χ0) is 15.1. The molecule has 3 rings (SSSR count). The number of fused-ring (bicyclic) bond motifs is 1. The minimum absolute atomic E-state index is 0.0508. The molecular weight excluding hydrogens is 286 g/mol. The number of aromatic nitrogens is 1. The zero-order valence-corrected chi connectivity index (χ0v) is 10.4. The zero-order valence-electron chi connectivity index (χ0n) is 10.4. The average Bonchev–Trinajstić information content (AvgIpc) is 2.86. The van der Waals surface area contributed by atoms with Crippen molar-refractivity contribution in [3.05, 3.63) is 70.9 Å². The third-order valence-electron chi connectivity index (χ3n) is 3.13. The van der Waals surface area contributed by atoms with E-state index in [0.717, 1.165) is 6.07 Å². The van der Waals surface area contributed by atoms with Crippen molar-refractivity contribution in [1.82, 2.24) is 4.98 Å². The van der Waals surface area contributed by atoms with Crippen LogP contribution in [0.5, 0.6) is 0 Å². The Bertz CT molecular complexity index is 846. The Morgan fingerprint density at radius 2 is 1.62 bits per heavy atom. The van der Waals surface area contributed by atoms with Gasteiger partial charge in [-0.25, -0.2) is 17.6 Å². The van der Waals surface area contributed by atoms with Crippen molar-refractivity contribution in [2.24, 2.45) is 0 Å². The largest absolute Gasteiger partial charge is 0.360 e. The number of carbonyl (C=O) groups is 1. The highest BCUT2D eigenvalue weighted by Gasteiger charge is 2.19. The van der Waals surface area contributed by atoms with Gasteiger partial charge in [0.1, 0.15) is 5.82 Å². The summed E-state index contributed by atoms with van der Waals surface area (Å²) in [6.45, 7) is 0. The quantitative estimate of drug-likeness (QED) is 0.433. The number of aromatic amines is 1. The standard InChI is InChI=1S/C15H7F4NO/c16-8-1-2-13-9(5-8)10(6-20-13)15(21)7-3-11(17)14(19)12(18)4-7/h1-6,20H. The number of H-pyrrole nitrogens is 1. The van der Waals surface area contributed by atoms with Crippen molar-refractivity contribution in [3.8, 4) is 0 Å². The Morgan fingerprint density at radius 1 is 0.952 bits per heavy atom. The fourth-order valence-electron chi connectivity index (χ4n) is 2.12. The number of rotatable bonds is 2. The Hall–Kier alpha value is -2.63. The predicted molar refractivity (Wildman–Crippen MR) is 68.0 cm³/mol. The van der Waals surface area contributed by atoms with Gasteiger partial charge in [0, 0.05) is 28.2 Å². The normalized spacial score (nSPS) is 11.0. The molecule has 2 nitrogen and oxygen atoms in total. The van der Waals surface area contributed by atoms with Crippen LogP contribution in [-0.4, -0.2) is 10.8 Å². The molecule has 0 unspecified atom stereocenters. The van der Waals surface area contributed by atoms with Crippen LogP contribution in [0.1, 0.15) is 15.9 Å². The van der Waals surface area contributed by atoms with Crippen molar-refractivity contribution in [2.75, 3.05) is 0 Å². The molecule has 0 fully saturated rings. The molecule has 0 radical (unpaired) electrons. The lowest BCUT2D eigenvalue weighted by Crippen LogP contribution is -2.04. The molecule has 0 amide bonds. The molecule has 0 spiro atoms. The van der Waals surface area contributed by atoms with Crippen LogP contribution in [0.2, 0.25) is 0 Å². The molecule has 6 heteroatoms. The van der Waals surface area contributed by atoms with Gasteiger partial charge in [0.2, 0.25) is 0 Å². The summed E-state index contributed by atoms with van der Waals surface area (Å²) in [5.74, 6) is -5.83. The van der Waals surface area contributed by atoms with Crippen molar-refractivity contribution in [3.63, 3.8) is 0 Å². The molecule has 21 heavy (non-hydrogen) atoms. The van der Waals surface area contributed by atoms with Crippen LogP contribution in [0, 0.1) is 23.3 Å². The second-order valence-corrected chi connectivity index (χ2v) is 4.48. The summed E-state index contributed by atoms with van der Waals surface area (Å²) in [7, 11) is 0. The number of halogens is 4. The third kappa shape index (κ3) is 2.18. The summed E-state index contributed by atoms with van der Waals surface area (Å²) in [4.78, 5) is 15.0. The minimum atomic E-state index is -1.64. The maximum atomic E-state index is 13.2. The van der Waals surface area contributed by atoms with E-state index in [1.165, 1.54) is 18.3 Å².